The van der Waals surface area contributed by atoms with Crippen LogP contribution < -0.4 is 20.7 Å². The maximum atomic E-state index is 4.69. The van der Waals surface area contributed by atoms with Crippen LogP contribution in [-0.2, 0) is 46.6 Å². The van der Waals surface area contributed by atoms with Crippen molar-refractivity contribution in [3.05, 3.63) is 194 Å². The molecule has 0 aliphatic carbocycles. The van der Waals surface area contributed by atoms with Crippen molar-refractivity contribution in [1.82, 2.24) is 19.9 Å². The van der Waals surface area contributed by atoms with Gasteiger partial charge in [0.2, 0.25) is 0 Å². The van der Waals surface area contributed by atoms with Gasteiger partial charge in [0, 0.05) is 65.0 Å². The van der Waals surface area contributed by atoms with Crippen molar-refractivity contribution in [1.29, 1.82) is 0 Å². The van der Waals surface area contributed by atoms with E-state index in [0.29, 0.717) is 5.92 Å². The van der Waals surface area contributed by atoms with Gasteiger partial charge in [0.05, 0.1) is 32.3 Å². The Morgan fingerprint density at radius 1 is 0.466 bits per heavy atom. The zero-order valence-electron chi connectivity index (χ0n) is 45.0. The first kappa shape index (κ1) is 59.5. The number of aromatic nitrogens is 4. The molecule has 0 unspecified atom stereocenters. The third-order valence-electron chi connectivity index (χ3n) is 14.1. The summed E-state index contributed by atoms with van der Waals surface area (Å²) < 4.78 is 0. The van der Waals surface area contributed by atoms with E-state index in [1.165, 1.54) is 68.9 Å². The summed E-state index contributed by atoms with van der Waals surface area (Å²) in [6.45, 7) is 25.9. The van der Waals surface area contributed by atoms with Crippen LogP contribution >= 0.6 is 0 Å². The molecule has 4 aromatic carbocycles. The first-order valence-electron chi connectivity index (χ1n) is 25.7. The van der Waals surface area contributed by atoms with E-state index in [1.807, 2.05) is 72.8 Å². The van der Waals surface area contributed by atoms with Gasteiger partial charge in [-0.25, -0.2) is 0 Å². The van der Waals surface area contributed by atoms with Gasteiger partial charge < -0.3 is 19.9 Å². The van der Waals surface area contributed by atoms with E-state index < -0.39 is 32.3 Å². The minimum atomic E-state index is -1.34. The van der Waals surface area contributed by atoms with Crippen molar-refractivity contribution in [2.75, 3.05) is 0 Å². The zero-order valence-corrected chi connectivity index (χ0v) is 53.8. The summed E-state index contributed by atoms with van der Waals surface area (Å²) in [4.78, 5) is 18.5. The average Bonchev–Trinajstić information content (AvgIpc) is 3.36. The minimum Gasteiger partial charge on any atom is -0.305 e. The summed E-state index contributed by atoms with van der Waals surface area (Å²) in [7, 11) is -4.75. The molecule has 384 valence electrons. The Labute approximate surface area is 470 Å². The summed E-state index contributed by atoms with van der Waals surface area (Å²) in [5, 5.41) is 5.97. The monoisotopic (exact) mass is 1380 g/mol. The van der Waals surface area contributed by atoms with Crippen LogP contribution in [0.4, 0.5) is 0 Å². The smallest absolute Gasteiger partial charge is 0.0855 e. The Morgan fingerprint density at radius 3 is 1.11 bits per heavy atom. The first-order valence-corrected chi connectivity index (χ1v) is 38.5. The van der Waals surface area contributed by atoms with Gasteiger partial charge >= 0.3 is 0 Å². The van der Waals surface area contributed by atoms with E-state index in [9.17, 15) is 0 Å². The minimum absolute atomic E-state index is 0. The molecule has 2 saturated heterocycles. The largest absolute Gasteiger partial charge is 0.305 e. The van der Waals surface area contributed by atoms with Crippen molar-refractivity contribution < 1.29 is 40.2 Å². The molecule has 73 heavy (non-hydrogen) atoms. The number of rotatable bonds is 10. The number of aryl methyl sites for hydroxylation is 1. The molecule has 4 nitrogen and oxygen atoms in total. The SMILES string of the molecule is CC(C)Cc1cc(-c2[c-]cccc2)ncc1[Si](C)(C)C.C[Si]1(c2ccc(-c3[c-]cccc3)nc2)CCC1.C[Si]1(c2ccc(-c3[c-]cccc3)nc2)CCC1.Cc1cc(-c2[c-]cccc2)ncc1[Si](C)(C)C.[Ir].[Ir]. The van der Waals surface area contributed by atoms with Crippen LogP contribution in [0.15, 0.2) is 158 Å². The molecular formula is C63H74Ir2N4Si4-4. The van der Waals surface area contributed by atoms with Crippen molar-refractivity contribution >= 4 is 53.0 Å². The van der Waals surface area contributed by atoms with E-state index in [-0.39, 0.29) is 40.2 Å². The van der Waals surface area contributed by atoms with Gasteiger partial charge in [-0.3, -0.25) is 0 Å². The normalized spacial score (nSPS) is 14.1. The molecule has 2 aliphatic rings. The molecule has 0 N–H and O–H groups in total. The van der Waals surface area contributed by atoms with E-state index >= 15 is 0 Å². The molecule has 8 aromatic rings. The van der Waals surface area contributed by atoms with Crippen LogP contribution in [0.1, 0.15) is 37.8 Å². The number of benzene rings is 4. The molecule has 2 aliphatic heterocycles. The fraction of sp³-hybridized carbons (Fsp3) is 0.302. The number of hydrogen-bond donors (Lipinski definition) is 0. The second kappa shape index (κ2) is 26.9. The van der Waals surface area contributed by atoms with Crippen molar-refractivity contribution in [3.63, 3.8) is 0 Å². The number of nitrogens with zero attached hydrogens (tertiary/aromatic N) is 4. The van der Waals surface area contributed by atoms with Crippen LogP contribution in [0.25, 0.3) is 45.0 Å². The molecule has 6 heterocycles. The van der Waals surface area contributed by atoms with Crippen LogP contribution in [0.2, 0.25) is 76.6 Å². The van der Waals surface area contributed by atoms with Gasteiger partial charge in [0.25, 0.3) is 0 Å². The summed E-state index contributed by atoms with van der Waals surface area (Å²) >= 11 is 0. The quantitative estimate of drug-likeness (QED) is 0.101. The second-order valence-corrected chi connectivity index (χ2v) is 42.0. The Balaban J connectivity index is 0.000000179. The van der Waals surface area contributed by atoms with Crippen molar-refractivity contribution in [2.45, 2.75) is 117 Å². The Kier molecular flexibility index (Phi) is 22.0. The Morgan fingerprint density at radius 2 is 0.822 bits per heavy atom. The molecule has 4 aromatic heterocycles. The molecule has 0 spiro atoms. The fourth-order valence-corrected chi connectivity index (χ4v) is 18.4. The van der Waals surface area contributed by atoms with E-state index in [0.717, 1.165) is 51.5 Å². The van der Waals surface area contributed by atoms with E-state index in [1.54, 1.807) is 0 Å². The van der Waals surface area contributed by atoms with E-state index in [2.05, 4.69) is 203 Å². The summed E-state index contributed by atoms with van der Waals surface area (Å²) in [5.74, 6) is 0.667. The molecule has 0 atom stereocenters. The van der Waals surface area contributed by atoms with Gasteiger partial charge in [-0.2, -0.15) is 0 Å². The topological polar surface area (TPSA) is 51.6 Å². The Hall–Kier alpha value is -4.35. The molecule has 0 bridgehead atoms. The van der Waals surface area contributed by atoms with Crippen LogP contribution in [0, 0.1) is 37.1 Å². The molecular weight excluding hydrogens is 1310 g/mol. The average molecular weight is 1380 g/mol. The molecule has 10 heteroatoms. The van der Waals surface area contributed by atoms with Gasteiger partial charge in [0.15, 0.2) is 0 Å². The van der Waals surface area contributed by atoms with Crippen LogP contribution in [0.3, 0.4) is 0 Å². The standard InChI is InChI=1S/C18H24NSi.2C15H16NSi.C15H18NSi.2Ir/c1-14(2)11-16-12-17(15-9-7-6-8-10-15)19-13-18(16)20(3,4)5;2*1-17(10-5-11-17)14-8-9-15(16-12-14)13-6-3-2-4-7-13;1-12-10-14(13-8-6-5-7-9-13)16-11-15(12)17(2,3)4;;/h6-9,12-14H,11H2,1-5H3;2*2-4,6,8-9,12H,5,10-11H2,1H3;5-8,10-11H,1-4H3;;/q4*-1;;. The molecule has 0 amide bonds. The molecule has 2 fully saturated rings. The summed E-state index contributed by atoms with van der Waals surface area (Å²) in [6.07, 6.45) is 12.3. The summed E-state index contributed by atoms with van der Waals surface area (Å²) in [6, 6.07) is 64.1. The van der Waals surface area contributed by atoms with Crippen LogP contribution in [-0.4, -0.2) is 52.2 Å². The van der Waals surface area contributed by atoms with Gasteiger partial charge in [0.1, 0.15) is 0 Å². The number of pyridine rings is 4. The maximum Gasteiger partial charge on any atom is 0.0855 e. The zero-order chi connectivity index (χ0) is 50.7. The fourth-order valence-electron chi connectivity index (χ4n) is 9.44. The van der Waals surface area contributed by atoms with Gasteiger partial charge in [-0.05, 0) is 62.8 Å². The molecule has 10 rings (SSSR count). The predicted octanol–water partition coefficient (Wildman–Crippen LogP) is 14.2. The van der Waals surface area contributed by atoms with Gasteiger partial charge in [-0.15, -0.1) is 144 Å². The second-order valence-electron chi connectivity index (χ2n) is 22.5. The van der Waals surface area contributed by atoms with Gasteiger partial charge in [-0.1, -0.05) is 151 Å². The number of hydrogen-bond acceptors (Lipinski definition) is 4. The third kappa shape index (κ3) is 16.3. The van der Waals surface area contributed by atoms with Crippen LogP contribution in [0.5, 0.6) is 0 Å². The van der Waals surface area contributed by atoms with Crippen molar-refractivity contribution in [3.8, 4) is 45.0 Å². The first-order chi connectivity index (χ1) is 33.9. The van der Waals surface area contributed by atoms with E-state index in [4.69, 9.17) is 0 Å². The third-order valence-corrected chi connectivity index (χ3v) is 27.5. The molecule has 0 saturated carbocycles. The Bertz CT molecular complexity index is 2800. The predicted molar refractivity (Wildman–Crippen MR) is 314 cm³/mol. The maximum absolute atomic E-state index is 4.69. The van der Waals surface area contributed by atoms with Crippen molar-refractivity contribution in [2.24, 2.45) is 5.92 Å². The summed E-state index contributed by atoms with van der Waals surface area (Å²) in [5.41, 5.74) is 11.3. The molecule has 2 radical (unpaired) electrons.